The number of thioether (sulfide) groups is 1. The Morgan fingerprint density at radius 3 is 3.00 bits per heavy atom. The van der Waals surface area contributed by atoms with Gasteiger partial charge in [0.25, 0.3) is 5.69 Å². The Bertz CT molecular complexity index is 557. The van der Waals surface area contributed by atoms with Gasteiger partial charge in [-0.15, -0.1) is 0 Å². The van der Waals surface area contributed by atoms with E-state index in [2.05, 4.69) is 15.3 Å². The van der Waals surface area contributed by atoms with E-state index < -0.39 is 0 Å². The van der Waals surface area contributed by atoms with Crippen molar-refractivity contribution in [3.8, 4) is 0 Å². The van der Waals surface area contributed by atoms with E-state index in [1.54, 1.807) is 24.5 Å². The fraction of sp³-hybridized carbons (Fsp3) is 0.250. The summed E-state index contributed by atoms with van der Waals surface area (Å²) in [6, 6.07) is 5.24. The number of benzene rings is 1. The molecule has 2 aromatic rings. The Kier molecular flexibility index (Phi) is 4.40. The van der Waals surface area contributed by atoms with Crippen LogP contribution in [0.3, 0.4) is 0 Å². The maximum absolute atomic E-state index is 11.0. The average Bonchev–Trinajstić information content (AvgIpc) is 2.91. The lowest BCUT2D eigenvalue weighted by Gasteiger charge is -2.06. The molecule has 0 saturated carbocycles. The second-order valence-corrected chi connectivity index (χ2v) is 4.79. The van der Waals surface area contributed by atoms with Gasteiger partial charge < -0.3 is 10.3 Å². The van der Waals surface area contributed by atoms with Crippen molar-refractivity contribution in [3.63, 3.8) is 0 Å². The molecule has 0 aliphatic rings. The number of hydrogen-bond donors (Lipinski definition) is 2. The van der Waals surface area contributed by atoms with Crippen LogP contribution in [0.4, 0.5) is 11.4 Å². The molecule has 1 aromatic carbocycles. The van der Waals surface area contributed by atoms with Gasteiger partial charge in [-0.05, 0) is 18.6 Å². The maximum atomic E-state index is 11.0. The third kappa shape index (κ3) is 3.47. The fourth-order valence-electron chi connectivity index (χ4n) is 1.64. The number of nitrogens with one attached hydrogen (secondary N) is 2. The van der Waals surface area contributed by atoms with Gasteiger partial charge in [0.1, 0.15) is 5.69 Å². The zero-order chi connectivity index (χ0) is 13.7. The molecule has 0 spiro atoms. The molecule has 0 radical (unpaired) electrons. The lowest BCUT2D eigenvalue weighted by molar-refractivity contribution is -0.384. The SMILES string of the molecule is CCNc1ccc(CSc2ncc[nH]2)cc1[N+](=O)[O-]. The van der Waals surface area contributed by atoms with Gasteiger partial charge in [-0.3, -0.25) is 10.1 Å². The number of nitro benzene ring substituents is 1. The van der Waals surface area contributed by atoms with Crippen LogP contribution < -0.4 is 5.32 Å². The van der Waals surface area contributed by atoms with Crippen molar-refractivity contribution in [3.05, 3.63) is 46.3 Å². The van der Waals surface area contributed by atoms with Crippen LogP contribution in [0.15, 0.2) is 35.7 Å². The zero-order valence-corrected chi connectivity index (χ0v) is 11.2. The highest BCUT2D eigenvalue weighted by molar-refractivity contribution is 7.98. The second kappa shape index (κ2) is 6.24. The van der Waals surface area contributed by atoms with Crippen LogP contribution in [0, 0.1) is 10.1 Å². The molecule has 7 heteroatoms. The Balaban J connectivity index is 2.13. The molecular weight excluding hydrogens is 264 g/mol. The number of hydrogen-bond acceptors (Lipinski definition) is 5. The number of nitrogens with zero attached hydrogens (tertiary/aromatic N) is 2. The van der Waals surface area contributed by atoms with Gasteiger partial charge in [0, 0.05) is 30.8 Å². The van der Waals surface area contributed by atoms with Crippen molar-refractivity contribution in [2.75, 3.05) is 11.9 Å². The first-order chi connectivity index (χ1) is 9.20. The van der Waals surface area contributed by atoms with E-state index in [0.717, 1.165) is 10.7 Å². The van der Waals surface area contributed by atoms with E-state index in [9.17, 15) is 10.1 Å². The summed E-state index contributed by atoms with van der Waals surface area (Å²) in [5.74, 6) is 0.640. The normalized spacial score (nSPS) is 10.4. The van der Waals surface area contributed by atoms with Crippen LogP contribution in [-0.4, -0.2) is 21.4 Å². The topological polar surface area (TPSA) is 83.8 Å². The second-order valence-electron chi connectivity index (χ2n) is 3.82. The molecule has 0 unspecified atom stereocenters. The highest BCUT2D eigenvalue weighted by Crippen LogP contribution is 2.28. The summed E-state index contributed by atoms with van der Waals surface area (Å²) in [5, 5.41) is 14.8. The summed E-state index contributed by atoms with van der Waals surface area (Å²) in [5.41, 5.74) is 1.56. The number of nitro groups is 1. The van der Waals surface area contributed by atoms with Crippen molar-refractivity contribution < 1.29 is 4.92 Å². The summed E-state index contributed by atoms with van der Waals surface area (Å²) in [7, 11) is 0. The van der Waals surface area contributed by atoms with Crippen molar-refractivity contribution in [1.29, 1.82) is 0 Å². The third-order valence-corrected chi connectivity index (χ3v) is 3.45. The zero-order valence-electron chi connectivity index (χ0n) is 10.4. The van der Waals surface area contributed by atoms with Gasteiger partial charge in [0.2, 0.25) is 0 Å². The molecule has 2 N–H and O–H groups in total. The molecule has 0 amide bonds. The van der Waals surface area contributed by atoms with Crippen molar-refractivity contribution in [2.24, 2.45) is 0 Å². The fourth-order valence-corrected chi connectivity index (χ4v) is 2.41. The minimum absolute atomic E-state index is 0.111. The lowest BCUT2D eigenvalue weighted by Crippen LogP contribution is -2.01. The van der Waals surface area contributed by atoms with E-state index in [-0.39, 0.29) is 10.6 Å². The number of aromatic nitrogens is 2. The Morgan fingerprint density at radius 1 is 1.53 bits per heavy atom. The van der Waals surface area contributed by atoms with E-state index in [0.29, 0.717) is 18.0 Å². The number of H-pyrrole nitrogens is 1. The van der Waals surface area contributed by atoms with Gasteiger partial charge in [0.05, 0.1) is 4.92 Å². The first-order valence-electron chi connectivity index (χ1n) is 5.84. The predicted octanol–water partition coefficient (Wildman–Crippen LogP) is 3.04. The summed E-state index contributed by atoms with van der Waals surface area (Å²) < 4.78 is 0. The van der Waals surface area contributed by atoms with Crippen LogP contribution >= 0.6 is 11.8 Å². The Hall–Kier alpha value is -2.02. The summed E-state index contributed by atoms with van der Waals surface area (Å²) in [6.45, 7) is 2.56. The predicted molar refractivity (Wildman–Crippen MR) is 75.4 cm³/mol. The summed E-state index contributed by atoms with van der Waals surface area (Å²) in [4.78, 5) is 17.7. The highest BCUT2D eigenvalue weighted by atomic mass is 32.2. The number of anilines is 1. The van der Waals surface area contributed by atoms with Crippen LogP contribution in [-0.2, 0) is 5.75 Å². The van der Waals surface area contributed by atoms with Crippen molar-refractivity contribution in [2.45, 2.75) is 17.8 Å². The smallest absolute Gasteiger partial charge is 0.292 e. The first kappa shape index (κ1) is 13.4. The molecule has 6 nitrogen and oxygen atoms in total. The standard InChI is InChI=1S/C12H14N4O2S/c1-2-13-10-4-3-9(7-11(10)16(17)18)8-19-12-14-5-6-15-12/h3-7,13H,2,8H2,1H3,(H,14,15). The molecular formula is C12H14N4O2S. The molecule has 0 fully saturated rings. The van der Waals surface area contributed by atoms with E-state index in [4.69, 9.17) is 0 Å². The molecule has 100 valence electrons. The van der Waals surface area contributed by atoms with Gasteiger partial charge in [-0.1, -0.05) is 17.8 Å². The van der Waals surface area contributed by atoms with Crippen LogP contribution in [0.2, 0.25) is 0 Å². The maximum Gasteiger partial charge on any atom is 0.292 e. The molecule has 2 rings (SSSR count). The summed E-state index contributed by atoms with van der Waals surface area (Å²) in [6.07, 6.45) is 3.43. The van der Waals surface area contributed by atoms with Gasteiger partial charge in [-0.25, -0.2) is 4.98 Å². The van der Waals surface area contributed by atoms with Crippen molar-refractivity contribution in [1.82, 2.24) is 9.97 Å². The van der Waals surface area contributed by atoms with Crippen molar-refractivity contribution >= 4 is 23.1 Å². The molecule has 0 atom stereocenters. The van der Waals surface area contributed by atoms with Crippen LogP contribution in [0.5, 0.6) is 0 Å². The monoisotopic (exact) mass is 278 g/mol. The first-order valence-corrected chi connectivity index (χ1v) is 6.82. The van der Waals surface area contributed by atoms with Crippen LogP contribution in [0.1, 0.15) is 12.5 Å². The van der Waals surface area contributed by atoms with Crippen LogP contribution in [0.25, 0.3) is 0 Å². The highest BCUT2D eigenvalue weighted by Gasteiger charge is 2.14. The van der Waals surface area contributed by atoms with Gasteiger partial charge in [0.15, 0.2) is 5.16 Å². The largest absolute Gasteiger partial charge is 0.380 e. The minimum atomic E-state index is -0.362. The molecule has 1 heterocycles. The Labute approximate surface area is 114 Å². The number of imidazole rings is 1. The average molecular weight is 278 g/mol. The molecule has 0 aliphatic heterocycles. The number of aromatic amines is 1. The molecule has 0 aliphatic carbocycles. The Morgan fingerprint density at radius 2 is 2.37 bits per heavy atom. The molecule has 0 bridgehead atoms. The molecule has 19 heavy (non-hydrogen) atoms. The molecule has 1 aromatic heterocycles. The molecule has 0 saturated heterocycles. The summed E-state index contributed by atoms with van der Waals surface area (Å²) >= 11 is 1.51. The van der Waals surface area contributed by atoms with E-state index in [1.807, 2.05) is 13.0 Å². The third-order valence-electron chi connectivity index (χ3n) is 2.47. The van der Waals surface area contributed by atoms with E-state index in [1.165, 1.54) is 11.8 Å². The quantitative estimate of drug-likeness (QED) is 0.482. The minimum Gasteiger partial charge on any atom is -0.380 e. The lowest BCUT2D eigenvalue weighted by atomic mass is 10.2. The van der Waals surface area contributed by atoms with Gasteiger partial charge in [-0.2, -0.15) is 0 Å². The van der Waals surface area contributed by atoms with Gasteiger partial charge >= 0.3 is 0 Å². The number of rotatable bonds is 6. The van der Waals surface area contributed by atoms with E-state index >= 15 is 0 Å².